The van der Waals surface area contributed by atoms with Gasteiger partial charge in [0.05, 0.1) is 0 Å². The van der Waals surface area contributed by atoms with Crippen LogP contribution >= 0.6 is 22.6 Å². The highest BCUT2D eigenvalue weighted by Crippen LogP contribution is 2.36. The Morgan fingerprint density at radius 3 is 2.95 bits per heavy atom. The van der Waals surface area contributed by atoms with Crippen LogP contribution < -0.4 is 5.32 Å². The third-order valence-electron chi connectivity index (χ3n) is 4.33. The second-order valence-corrected chi connectivity index (χ2v) is 6.78. The maximum atomic E-state index is 12.4. The van der Waals surface area contributed by atoms with Crippen LogP contribution in [0.2, 0.25) is 0 Å². The van der Waals surface area contributed by atoms with Gasteiger partial charge in [-0.25, -0.2) is 4.79 Å². The van der Waals surface area contributed by atoms with Crippen molar-refractivity contribution < 1.29 is 4.79 Å². The number of hydrogen-bond acceptors (Lipinski definition) is 1. The quantitative estimate of drug-likeness (QED) is 0.743. The van der Waals surface area contributed by atoms with Gasteiger partial charge in [0.2, 0.25) is 0 Å². The normalized spacial score (nSPS) is 26.1. The van der Waals surface area contributed by atoms with Crippen LogP contribution in [0.25, 0.3) is 0 Å². The van der Waals surface area contributed by atoms with Gasteiger partial charge in [0.1, 0.15) is 0 Å². The molecule has 0 bridgehead atoms. The molecule has 0 unspecified atom stereocenters. The van der Waals surface area contributed by atoms with Gasteiger partial charge in [0.15, 0.2) is 0 Å². The minimum absolute atomic E-state index is 0.0820. The summed E-state index contributed by atoms with van der Waals surface area (Å²) in [6.07, 6.45) is 6.23. The molecule has 0 radical (unpaired) electrons. The second-order valence-electron chi connectivity index (χ2n) is 5.53. The average molecular weight is 370 g/mol. The van der Waals surface area contributed by atoms with Gasteiger partial charge in [-0.3, -0.25) is 0 Å². The first-order chi connectivity index (χ1) is 9.24. The predicted molar refractivity (Wildman–Crippen MR) is 85.2 cm³/mol. The van der Waals surface area contributed by atoms with E-state index >= 15 is 0 Å². The van der Waals surface area contributed by atoms with Gasteiger partial charge >= 0.3 is 6.03 Å². The third kappa shape index (κ3) is 2.88. The molecule has 2 amide bonds. The maximum absolute atomic E-state index is 12.4. The molecule has 4 heteroatoms. The molecule has 1 saturated carbocycles. The minimum Gasteiger partial charge on any atom is -0.321 e. The topological polar surface area (TPSA) is 32.3 Å². The lowest BCUT2D eigenvalue weighted by atomic mass is 9.92. The lowest BCUT2D eigenvalue weighted by molar-refractivity contribution is 0.138. The number of anilines is 1. The van der Waals surface area contributed by atoms with Gasteiger partial charge in [-0.05, 0) is 72.4 Å². The molecule has 3 rings (SSSR count). The Labute approximate surface area is 127 Å². The number of fused-ring (bicyclic) bond motifs is 1. The van der Waals surface area contributed by atoms with Crippen molar-refractivity contribution >= 4 is 34.3 Å². The fourth-order valence-electron chi connectivity index (χ4n) is 3.47. The third-order valence-corrected chi connectivity index (χ3v) is 5.00. The summed E-state index contributed by atoms with van der Waals surface area (Å²) in [6.45, 7) is 0.914. The summed E-state index contributed by atoms with van der Waals surface area (Å²) in [5, 5.41) is 3.05. The van der Waals surface area contributed by atoms with E-state index in [0.29, 0.717) is 6.04 Å². The monoisotopic (exact) mass is 370 g/mol. The van der Waals surface area contributed by atoms with Gasteiger partial charge in [-0.2, -0.15) is 0 Å². The number of rotatable bonds is 1. The highest BCUT2D eigenvalue weighted by molar-refractivity contribution is 14.1. The number of urea groups is 1. The molecule has 3 nitrogen and oxygen atoms in total. The zero-order valence-electron chi connectivity index (χ0n) is 10.9. The van der Waals surface area contributed by atoms with Crippen molar-refractivity contribution in [2.24, 2.45) is 5.92 Å². The van der Waals surface area contributed by atoms with Crippen LogP contribution in [-0.4, -0.2) is 23.5 Å². The fourth-order valence-corrected chi connectivity index (χ4v) is 4.01. The lowest BCUT2D eigenvalue weighted by Crippen LogP contribution is -2.48. The van der Waals surface area contributed by atoms with Crippen LogP contribution in [0.1, 0.15) is 32.1 Å². The Bertz CT molecular complexity index is 477. The summed E-state index contributed by atoms with van der Waals surface area (Å²) in [5.74, 6) is 0.746. The van der Waals surface area contributed by atoms with Crippen LogP contribution in [0.4, 0.5) is 10.5 Å². The molecule has 1 aromatic carbocycles. The maximum Gasteiger partial charge on any atom is 0.322 e. The van der Waals surface area contributed by atoms with E-state index in [1.165, 1.54) is 25.7 Å². The van der Waals surface area contributed by atoms with Gasteiger partial charge < -0.3 is 10.2 Å². The van der Waals surface area contributed by atoms with E-state index in [2.05, 4.69) is 32.8 Å². The number of halogens is 1. The van der Waals surface area contributed by atoms with E-state index < -0.39 is 0 Å². The Balaban J connectivity index is 1.69. The van der Waals surface area contributed by atoms with E-state index in [9.17, 15) is 4.79 Å². The van der Waals surface area contributed by atoms with Crippen LogP contribution in [0, 0.1) is 9.49 Å². The zero-order valence-corrected chi connectivity index (χ0v) is 13.1. The molecule has 1 aromatic rings. The van der Waals surface area contributed by atoms with E-state index in [0.717, 1.165) is 28.1 Å². The lowest BCUT2D eigenvalue weighted by Gasteiger charge is -2.37. The highest BCUT2D eigenvalue weighted by Gasteiger charge is 2.37. The summed E-state index contributed by atoms with van der Waals surface area (Å²) in [6, 6.07) is 8.54. The first-order valence-electron chi connectivity index (χ1n) is 7.07. The molecule has 1 heterocycles. The minimum atomic E-state index is 0.0820. The molecule has 2 aliphatic rings. The molecule has 2 atom stereocenters. The number of likely N-dealkylation sites (tertiary alicyclic amines) is 1. The Kier molecular flexibility index (Phi) is 3.96. The largest absolute Gasteiger partial charge is 0.322 e. The molecule has 1 aliphatic carbocycles. The first-order valence-corrected chi connectivity index (χ1v) is 8.15. The highest BCUT2D eigenvalue weighted by atomic mass is 127. The van der Waals surface area contributed by atoms with E-state index in [-0.39, 0.29) is 6.03 Å². The van der Waals surface area contributed by atoms with Crippen molar-refractivity contribution in [1.29, 1.82) is 0 Å². The van der Waals surface area contributed by atoms with Crippen LogP contribution in [0.5, 0.6) is 0 Å². The second kappa shape index (κ2) is 5.69. The van der Waals surface area contributed by atoms with Crippen molar-refractivity contribution in [3.8, 4) is 0 Å². The van der Waals surface area contributed by atoms with Crippen molar-refractivity contribution in [2.45, 2.75) is 38.1 Å². The number of piperidine rings is 1. The zero-order chi connectivity index (χ0) is 13.2. The molecule has 2 fully saturated rings. The van der Waals surface area contributed by atoms with Gasteiger partial charge in [-0.1, -0.05) is 12.5 Å². The average Bonchev–Trinajstić information content (AvgIpc) is 2.86. The summed E-state index contributed by atoms with van der Waals surface area (Å²) < 4.78 is 1.15. The molecular formula is C15H19IN2O. The number of nitrogens with one attached hydrogen (secondary N) is 1. The summed E-state index contributed by atoms with van der Waals surface area (Å²) in [7, 11) is 0. The first kappa shape index (κ1) is 13.2. The standard InChI is InChI=1S/C15H19IN2O/c16-12-6-2-7-13(10-12)17-15(19)18-9-3-5-11-4-1-8-14(11)18/h2,6-7,10-11,14H,1,3-5,8-9H2,(H,17,19)/t11-,14+/m1/s1. The molecule has 19 heavy (non-hydrogen) atoms. The van der Waals surface area contributed by atoms with Crippen LogP contribution in [0.3, 0.4) is 0 Å². The Morgan fingerprint density at radius 1 is 1.26 bits per heavy atom. The van der Waals surface area contributed by atoms with Crippen LogP contribution in [0.15, 0.2) is 24.3 Å². The number of benzene rings is 1. The Hall–Kier alpha value is -0.780. The summed E-state index contributed by atoms with van der Waals surface area (Å²) in [5.41, 5.74) is 0.900. The van der Waals surface area contributed by atoms with E-state index in [4.69, 9.17) is 0 Å². The van der Waals surface area contributed by atoms with Gasteiger partial charge in [0.25, 0.3) is 0 Å². The summed E-state index contributed by atoms with van der Waals surface area (Å²) in [4.78, 5) is 14.5. The molecule has 0 spiro atoms. The molecule has 0 aromatic heterocycles. The van der Waals surface area contributed by atoms with E-state index in [1.807, 2.05) is 24.3 Å². The smallest absolute Gasteiger partial charge is 0.321 e. The summed E-state index contributed by atoms with van der Waals surface area (Å²) >= 11 is 2.27. The van der Waals surface area contributed by atoms with Crippen molar-refractivity contribution in [2.75, 3.05) is 11.9 Å². The SMILES string of the molecule is O=C(Nc1cccc(I)c1)N1CCC[C@H]2CCC[C@@H]21. The number of carbonyl (C=O) groups excluding carboxylic acids is 1. The molecule has 1 saturated heterocycles. The van der Waals surface area contributed by atoms with Crippen molar-refractivity contribution in [1.82, 2.24) is 4.90 Å². The number of amides is 2. The van der Waals surface area contributed by atoms with E-state index in [1.54, 1.807) is 0 Å². The van der Waals surface area contributed by atoms with Gasteiger partial charge in [-0.15, -0.1) is 0 Å². The fraction of sp³-hybridized carbons (Fsp3) is 0.533. The number of hydrogen-bond donors (Lipinski definition) is 1. The molecule has 102 valence electrons. The van der Waals surface area contributed by atoms with Crippen LogP contribution in [-0.2, 0) is 0 Å². The van der Waals surface area contributed by atoms with Crippen molar-refractivity contribution in [3.05, 3.63) is 27.8 Å². The Morgan fingerprint density at radius 2 is 2.11 bits per heavy atom. The number of nitrogens with zero attached hydrogens (tertiary/aromatic N) is 1. The molecule has 1 aliphatic heterocycles. The molecule has 1 N–H and O–H groups in total. The van der Waals surface area contributed by atoms with Crippen molar-refractivity contribution in [3.63, 3.8) is 0 Å². The predicted octanol–water partition coefficient (Wildman–Crippen LogP) is 4.09. The molecular weight excluding hydrogens is 351 g/mol. The van der Waals surface area contributed by atoms with Gasteiger partial charge in [0, 0.05) is 21.8 Å². The number of carbonyl (C=O) groups is 1.